The minimum Gasteiger partial charge on any atom is -0.456 e. The summed E-state index contributed by atoms with van der Waals surface area (Å²) >= 11 is 0. The summed E-state index contributed by atoms with van der Waals surface area (Å²) in [6.07, 6.45) is 1.80. The summed E-state index contributed by atoms with van der Waals surface area (Å²) in [4.78, 5) is 19.6. The van der Waals surface area contributed by atoms with Crippen molar-refractivity contribution in [1.82, 2.24) is 19.9 Å². The first-order valence-corrected chi connectivity index (χ1v) is 15.5. The van der Waals surface area contributed by atoms with Crippen LogP contribution >= 0.6 is 0 Å². The molecule has 0 unspecified atom stereocenters. The van der Waals surface area contributed by atoms with Crippen LogP contribution in [0.2, 0.25) is 0 Å². The Morgan fingerprint density at radius 3 is 1.62 bits per heavy atom. The third-order valence-electron chi connectivity index (χ3n) is 8.60. The van der Waals surface area contributed by atoms with Crippen LogP contribution in [0.3, 0.4) is 0 Å². The van der Waals surface area contributed by atoms with E-state index in [1.54, 1.807) is 6.20 Å². The molecule has 0 aliphatic rings. The minimum atomic E-state index is 0.592. The summed E-state index contributed by atoms with van der Waals surface area (Å²) in [5.74, 6) is 1.82. The van der Waals surface area contributed by atoms with E-state index in [2.05, 4.69) is 96.0 Å². The Morgan fingerprint density at radius 2 is 0.957 bits per heavy atom. The average molecular weight is 603 g/mol. The number of hydrogen-bond donors (Lipinski definition) is 0. The zero-order valence-corrected chi connectivity index (χ0v) is 25.2. The lowest BCUT2D eigenvalue weighted by atomic mass is 9.99. The molecule has 0 aliphatic heterocycles. The van der Waals surface area contributed by atoms with Gasteiger partial charge in [0.15, 0.2) is 17.5 Å². The molecule has 0 N–H and O–H groups in total. The van der Waals surface area contributed by atoms with Crippen LogP contribution in [-0.2, 0) is 0 Å². The Labute approximate surface area is 270 Å². The molecule has 0 bridgehead atoms. The van der Waals surface area contributed by atoms with Crippen molar-refractivity contribution in [3.05, 3.63) is 158 Å². The van der Waals surface area contributed by atoms with Gasteiger partial charge in [0.05, 0.1) is 5.52 Å². The van der Waals surface area contributed by atoms with Crippen molar-refractivity contribution < 1.29 is 4.42 Å². The minimum absolute atomic E-state index is 0.592. The molecule has 0 amide bonds. The van der Waals surface area contributed by atoms with Crippen LogP contribution in [-0.4, -0.2) is 19.9 Å². The number of nitrogens with zero attached hydrogens (tertiary/aromatic N) is 4. The Kier molecular flexibility index (Phi) is 6.39. The smallest absolute Gasteiger partial charge is 0.164 e. The van der Waals surface area contributed by atoms with E-state index in [-0.39, 0.29) is 0 Å². The van der Waals surface area contributed by atoms with Crippen molar-refractivity contribution in [2.45, 2.75) is 0 Å². The second kappa shape index (κ2) is 11.2. The van der Waals surface area contributed by atoms with Crippen molar-refractivity contribution in [2.24, 2.45) is 0 Å². The van der Waals surface area contributed by atoms with Gasteiger partial charge in [-0.15, -0.1) is 0 Å². The Balaban J connectivity index is 1.16. The van der Waals surface area contributed by atoms with Gasteiger partial charge in [-0.05, 0) is 40.5 Å². The molecule has 9 rings (SSSR count). The fourth-order valence-corrected chi connectivity index (χ4v) is 6.22. The maximum atomic E-state index is 6.33. The number of fused-ring (bicyclic) bond motifs is 4. The molecular weight excluding hydrogens is 576 g/mol. The van der Waals surface area contributed by atoms with Gasteiger partial charge in [0.25, 0.3) is 0 Å². The maximum Gasteiger partial charge on any atom is 0.164 e. The van der Waals surface area contributed by atoms with Crippen molar-refractivity contribution in [1.29, 1.82) is 0 Å². The molecule has 3 aromatic heterocycles. The lowest BCUT2D eigenvalue weighted by Crippen LogP contribution is -2.00. The van der Waals surface area contributed by atoms with Gasteiger partial charge in [-0.2, -0.15) is 0 Å². The number of rotatable bonds is 5. The molecule has 0 saturated heterocycles. The van der Waals surface area contributed by atoms with Crippen LogP contribution in [0, 0.1) is 0 Å². The van der Waals surface area contributed by atoms with E-state index >= 15 is 0 Å². The molecule has 47 heavy (non-hydrogen) atoms. The van der Waals surface area contributed by atoms with Crippen molar-refractivity contribution in [2.75, 3.05) is 0 Å². The molecule has 0 saturated carbocycles. The first-order chi connectivity index (χ1) is 23.3. The van der Waals surface area contributed by atoms with E-state index in [4.69, 9.17) is 19.4 Å². The van der Waals surface area contributed by atoms with Gasteiger partial charge in [-0.25, -0.2) is 15.0 Å². The summed E-state index contributed by atoms with van der Waals surface area (Å²) in [6, 6.07) is 51.8. The maximum absolute atomic E-state index is 6.33. The normalized spacial score (nSPS) is 11.4. The van der Waals surface area contributed by atoms with E-state index in [1.807, 2.05) is 60.7 Å². The zero-order valence-electron chi connectivity index (χ0n) is 25.2. The van der Waals surface area contributed by atoms with Gasteiger partial charge in [0, 0.05) is 45.1 Å². The molecule has 220 valence electrons. The molecule has 6 aromatic carbocycles. The summed E-state index contributed by atoms with van der Waals surface area (Å²) in [7, 11) is 0. The summed E-state index contributed by atoms with van der Waals surface area (Å²) in [6.45, 7) is 0. The number of hydrogen-bond acceptors (Lipinski definition) is 5. The molecule has 5 nitrogen and oxygen atoms in total. The molecule has 9 aromatic rings. The van der Waals surface area contributed by atoms with Gasteiger partial charge in [-0.3, -0.25) is 4.98 Å². The lowest BCUT2D eigenvalue weighted by molar-refractivity contribution is 0.669. The van der Waals surface area contributed by atoms with Crippen LogP contribution in [0.4, 0.5) is 0 Å². The van der Waals surface area contributed by atoms with E-state index < -0.39 is 0 Å². The summed E-state index contributed by atoms with van der Waals surface area (Å²) in [5.41, 5.74) is 9.86. The highest BCUT2D eigenvalue weighted by atomic mass is 16.3. The van der Waals surface area contributed by atoms with Crippen molar-refractivity contribution >= 4 is 32.8 Å². The highest BCUT2D eigenvalue weighted by Crippen LogP contribution is 2.38. The van der Waals surface area contributed by atoms with Crippen LogP contribution in [0.25, 0.3) is 89.3 Å². The van der Waals surface area contributed by atoms with Crippen LogP contribution in [0.15, 0.2) is 162 Å². The monoisotopic (exact) mass is 602 g/mol. The standard InChI is InChI=1S/C42H26N4O/c1-3-9-27(10-4-1)28-16-18-29(19-17-28)30-20-22-32(23-21-30)41-44-40(31-11-5-2-6-12-31)45-42(46-41)34-14-7-15-37-39(34)35-25-33-13-8-24-43-36(33)26-38(35)47-37/h1-26H. The fraction of sp³-hybridized carbons (Fsp3) is 0. The number of furan rings is 1. The molecule has 5 heteroatoms. The quantitative estimate of drug-likeness (QED) is 0.196. The first-order valence-electron chi connectivity index (χ1n) is 15.5. The van der Waals surface area contributed by atoms with E-state index in [1.165, 1.54) is 11.1 Å². The molecule has 0 atom stereocenters. The average Bonchev–Trinajstić information content (AvgIpc) is 3.52. The topological polar surface area (TPSA) is 64.7 Å². The molecule has 3 heterocycles. The highest BCUT2D eigenvalue weighted by molar-refractivity contribution is 6.14. The van der Waals surface area contributed by atoms with Crippen LogP contribution in [0.5, 0.6) is 0 Å². The van der Waals surface area contributed by atoms with E-state index in [0.29, 0.717) is 17.5 Å². The molecule has 0 fully saturated rings. The van der Waals surface area contributed by atoms with E-state index in [9.17, 15) is 0 Å². The largest absolute Gasteiger partial charge is 0.456 e. The third-order valence-corrected chi connectivity index (χ3v) is 8.60. The van der Waals surface area contributed by atoms with Crippen LogP contribution < -0.4 is 0 Å². The first kappa shape index (κ1) is 26.9. The van der Waals surface area contributed by atoms with Gasteiger partial charge in [0.1, 0.15) is 11.2 Å². The molecular formula is C42H26N4O. The second-order valence-corrected chi connectivity index (χ2v) is 11.5. The molecule has 0 aliphatic carbocycles. The van der Waals surface area contributed by atoms with Crippen molar-refractivity contribution in [3.63, 3.8) is 0 Å². The second-order valence-electron chi connectivity index (χ2n) is 11.5. The SMILES string of the molecule is c1ccc(-c2ccc(-c3ccc(-c4nc(-c5ccccc5)nc(-c5cccc6oc7cc8ncccc8cc7c56)n4)cc3)cc2)cc1. The Bertz CT molecular complexity index is 2540. The Morgan fingerprint density at radius 1 is 0.404 bits per heavy atom. The number of benzene rings is 6. The number of aromatic nitrogens is 4. The number of pyridine rings is 1. The highest BCUT2D eigenvalue weighted by Gasteiger charge is 2.18. The lowest BCUT2D eigenvalue weighted by Gasteiger charge is -2.10. The van der Waals surface area contributed by atoms with Crippen molar-refractivity contribution in [3.8, 4) is 56.4 Å². The Hall–Kier alpha value is -6.46. The predicted molar refractivity (Wildman–Crippen MR) is 190 cm³/mol. The summed E-state index contributed by atoms with van der Waals surface area (Å²) in [5, 5.41) is 3.02. The molecule has 0 spiro atoms. The van der Waals surface area contributed by atoms with Gasteiger partial charge in [-0.1, -0.05) is 127 Å². The third kappa shape index (κ3) is 4.91. The van der Waals surface area contributed by atoms with Crippen LogP contribution in [0.1, 0.15) is 0 Å². The van der Waals surface area contributed by atoms with Gasteiger partial charge < -0.3 is 4.42 Å². The fourth-order valence-electron chi connectivity index (χ4n) is 6.22. The molecule has 0 radical (unpaired) electrons. The van der Waals surface area contributed by atoms with E-state index in [0.717, 1.165) is 60.7 Å². The van der Waals surface area contributed by atoms with Gasteiger partial charge in [0.2, 0.25) is 0 Å². The summed E-state index contributed by atoms with van der Waals surface area (Å²) < 4.78 is 6.33. The predicted octanol–water partition coefficient (Wildman–Crippen LogP) is 10.7. The zero-order chi connectivity index (χ0) is 31.2. The van der Waals surface area contributed by atoms with Gasteiger partial charge >= 0.3 is 0 Å².